The van der Waals surface area contributed by atoms with Crippen molar-refractivity contribution in [1.82, 2.24) is 0 Å². The predicted octanol–water partition coefficient (Wildman–Crippen LogP) is 0.255. The van der Waals surface area contributed by atoms with E-state index in [4.69, 9.17) is 30.6 Å². The van der Waals surface area contributed by atoms with E-state index < -0.39 is 10.2 Å². The van der Waals surface area contributed by atoms with Crippen LogP contribution in [0.4, 0.5) is 0 Å². The summed E-state index contributed by atoms with van der Waals surface area (Å²) in [4.78, 5) is 26.7. The molecule has 16 heavy (non-hydrogen) atoms. The largest absolute Gasteiger partial charge is 2.00 e. The second-order valence-electron chi connectivity index (χ2n) is 1.72. The normalized spacial score (nSPS) is 6.38. The zero-order valence-corrected chi connectivity index (χ0v) is 9.11. The van der Waals surface area contributed by atoms with Crippen LogP contribution in [-0.4, -0.2) is 23.3 Å². The molecule has 0 aliphatic carbocycles. The second kappa shape index (κ2) is 15.6. The molecule has 97 valence electrons. The van der Waals surface area contributed by atoms with Gasteiger partial charge in [-0.25, -0.2) is 4.79 Å². The molecule has 0 amide bonds. The number of methoxy groups -OCH3 is 1. The molecular weight excluding hydrogens is 280 g/mol. The van der Waals surface area contributed by atoms with E-state index in [9.17, 15) is 4.79 Å². The third-order valence-corrected chi connectivity index (χ3v) is 0.534. The van der Waals surface area contributed by atoms with Crippen molar-refractivity contribution in [1.29, 1.82) is 0 Å². The summed E-state index contributed by atoms with van der Waals surface area (Å²) in [5.74, 6) is -0.347. The standard InChI is InChI=1S/C5H8O2.Cu.2NO3/c1-4(2)5(6)7-3;;2*2-1(3)4/h1H2,2-3H3;;;/q;+2;2*-1. The van der Waals surface area contributed by atoms with Gasteiger partial charge >= 0.3 is 23.0 Å². The molecule has 0 aromatic carbocycles. The molecule has 11 heteroatoms. The molecule has 1 radical (unpaired) electrons. The number of rotatable bonds is 1. The maximum atomic E-state index is 10.2. The van der Waals surface area contributed by atoms with E-state index in [1.165, 1.54) is 7.11 Å². The number of carbonyl (C=O) groups excluding carboxylic acids is 1. The first-order chi connectivity index (χ1) is 6.64. The Morgan fingerprint density at radius 3 is 1.31 bits per heavy atom. The van der Waals surface area contributed by atoms with Crippen LogP contribution in [0.3, 0.4) is 0 Å². The quantitative estimate of drug-likeness (QED) is 0.218. The first-order valence-corrected chi connectivity index (χ1v) is 3.02. The monoisotopic (exact) mass is 287 g/mol. The molecule has 0 fully saturated rings. The van der Waals surface area contributed by atoms with Crippen LogP contribution in [0, 0.1) is 30.6 Å². The predicted molar refractivity (Wildman–Crippen MR) is 47.6 cm³/mol. The number of nitrogens with zero attached hydrogens (tertiary/aromatic N) is 2. The Morgan fingerprint density at radius 1 is 1.12 bits per heavy atom. The number of carbonyl (C=O) groups is 1. The van der Waals surface area contributed by atoms with Crippen molar-refractivity contribution in [3.05, 3.63) is 42.8 Å². The van der Waals surface area contributed by atoms with Gasteiger partial charge in [-0.1, -0.05) is 6.58 Å². The molecule has 0 saturated carbocycles. The zero-order valence-electron chi connectivity index (χ0n) is 8.17. The first kappa shape index (κ1) is 23.7. The fourth-order valence-corrected chi connectivity index (χ4v) is 0.174. The van der Waals surface area contributed by atoms with Crippen LogP contribution in [0.2, 0.25) is 0 Å². The maximum Gasteiger partial charge on any atom is 2.00 e. The van der Waals surface area contributed by atoms with Gasteiger partial charge in [0.2, 0.25) is 0 Å². The van der Waals surface area contributed by atoms with Gasteiger partial charge in [-0.15, -0.1) is 0 Å². The van der Waals surface area contributed by atoms with Gasteiger partial charge in [-0.2, -0.15) is 0 Å². The Labute approximate surface area is 100 Å². The maximum absolute atomic E-state index is 10.2. The number of esters is 1. The molecule has 0 spiro atoms. The van der Waals surface area contributed by atoms with E-state index in [0.29, 0.717) is 5.57 Å². The molecule has 0 aromatic rings. The van der Waals surface area contributed by atoms with Crippen LogP contribution in [0.5, 0.6) is 0 Å². The van der Waals surface area contributed by atoms with E-state index in [-0.39, 0.29) is 23.0 Å². The average Bonchev–Trinajstić information content (AvgIpc) is 2.00. The van der Waals surface area contributed by atoms with Crippen molar-refractivity contribution in [3.63, 3.8) is 0 Å². The summed E-state index contributed by atoms with van der Waals surface area (Å²) in [7, 11) is 1.33. The molecule has 0 aromatic heterocycles. The van der Waals surface area contributed by atoms with Gasteiger partial charge in [0.05, 0.1) is 17.3 Å². The van der Waals surface area contributed by atoms with Gasteiger partial charge in [0.15, 0.2) is 0 Å². The van der Waals surface area contributed by atoms with E-state index >= 15 is 0 Å². The summed E-state index contributed by atoms with van der Waals surface area (Å²) in [5.41, 5.74) is 0.433. The van der Waals surface area contributed by atoms with Crippen LogP contribution in [0.1, 0.15) is 6.92 Å². The van der Waals surface area contributed by atoms with Crippen molar-refractivity contribution in [2.45, 2.75) is 6.92 Å². The molecule has 0 rings (SSSR count). The zero-order chi connectivity index (χ0) is 13.0. The van der Waals surface area contributed by atoms with Crippen molar-refractivity contribution in [3.8, 4) is 0 Å². The molecule has 0 atom stereocenters. The average molecular weight is 288 g/mol. The fourth-order valence-electron chi connectivity index (χ4n) is 0.174. The Bertz CT molecular complexity index is 223. The van der Waals surface area contributed by atoms with Gasteiger partial charge in [0.1, 0.15) is 0 Å². The van der Waals surface area contributed by atoms with Crippen LogP contribution in [0.15, 0.2) is 12.2 Å². The van der Waals surface area contributed by atoms with Crippen LogP contribution in [-0.2, 0) is 26.6 Å². The van der Waals surface area contributed by atoms with Gasteiger partial charge in [0.25, 0.3) is 0 Å². The minimum absolute atomic E-state index is 0. The third kappa shape index (κ3) is 88.1. The summed E-state index contributed by atoms with van der Waals surface area (Å²) < 4.78 is 4.27. The van der Waals surface area contributed by atoms with E-state index in [0.717, 1.165) is 0 Å². The van der Waals surface area contributed by atoms with Gasteiger partial charge in [-0.05, 0) is 6.92 Å². The van der Waals surface area contributed by atoms with E-state index in [1.54, 1.807) is 6.92 Å². The Balaban J connectivity index is -0.0000000700. The van der Waals surface area contributed by atoms with Gasteiger partial charge in [0, 0.05) is 5.57 Å². The second-order valence-corrected chi connectivity index (χ2v) is 1.72. The first-order valence-electron chi connectivity index (χ1n) is 3.02. The molecule has 0 N–H and O–H groups in total. The minimum Gasteiger partial charge on any atom is -0.466 e. The third-order valence-electron chi connectivity index (χ3n) is 0.534. The number of ether oxygens (including phenoxy) is 1. The summed E-state index contributed by atoms with van der Waals surface area (Å²) >= 11 is 0. The summed E-state index contributed by atoms with van der Waals surface area (Å²) in [6.07, 6.45) is 0. The molecule has 10 nitrogen and oxygen atoms in total. The fraction of sp³-hybridized carbons (Fsp3) is 0.400. The molecule has 0 saturated heterocycles. The van der Waals surface area contributed by atoms with E-state index in [1.807, 2.05) is 0 Å². The molecule has 0 aliphatic rings. The Hall–Kier alpha value is -1.87. The van der Waals surface area contributed by atoms with Gasteiger partial charge < -0.3 is 35.4 Å². The minimum atomic E-state index is -1.75. The molecule has 0 bridgehead atoms. The van der Waals surface area contributed by atoms with Crippen molar-refractivity contribution < 1.29 is 36.8 Å². The van der Waals surface area contributed by atoms with Crippen LogP contribution in [0.25, 0.3) is 0 Å². The Kier molecular flexibility index (Phi) is 23.1. The van der Waals surface area contributed by atoms with Gasteiger partial charge in [-0.3, -0.25) is 0 Å². The SMILES string of the molecule is C=C(C)C(=O)OC.O=[N+]([O-])[O-].O=[N+]([O-])[O-].[Cu+2]. The summed E-state index contributed by atoms with van der Waals surface area (Å²) in [6.45, 7) is 4.95. The topological polar surface area (TPSA) is 159 Å². The van der Waals surface area contributed by atoms with Crippen molar-refractivity contribution in [2.24, 2.45) is 0 Å². The van der Waals surface area contributed by atoms with Crippen LogP contribution < -0.4 is 0 Å². The smallest absolute Gasteiger partial charge is 0.466 e. The van der Waals surface area contributed by atoms with E-state index in [2.05, 4.69) is 11.3 Å². The summed E-state index contributed by atoms with van der Waals surface area (Å²) in [5, 5.41) is 29.5. The van der Waals surface area contributed by atoms with Crippen molar-refractivity contribution >= 4 is 5.97 Å². The molecule has 0 aliphatic heterocycles. The summed E-state index contributed by atoms with van der Waals surface area (Å²) in [6, 6.07) is 0. The number of hydrogen-bond donors (Lipinski definition) is 0. The Morgan fingerprint density at radius 2 is 1.31 bits per heavy atom. The van der Waals surface area contributed by atoms with Crippen LogP contribution >= 0.6 is 0 Å². The molecule has 0 unspecified atom stereocenters. The molecular formula is C5H8CuN2O8. The van der Waals surface area contributed by atoms with Crippen molar-refractivity contribution in [2.75, 3.05) is 7.11 Å². The number of hydrogen-bond acceptors (Lipinski definition) is 8. The molecule has 0 heterocycles.